The van der Waals surface area contributed by atoms with Gasteiger partial charge in [0.1, 0.15) is 0 Å². The van der Waals surface area contributed by atoms with Gasteiger partial charge >= 0.3 is 0 Å². The minimum absolute atomic E-state index is 0.0280. The highest BCUT2D eigenvalue weighted by molar-refractivity contribution is 8.00. The van der Waals surface area contributed by atoms with Crippen molar-refractivity contribution in [3.05, 3.63) is 0 Å². The van der Waals surface area contributed by atoms with Crippen molar-refractivity contribution >= 4 is 33.6 Å². The van der Waals surface area contributed by atoms with Gasteiger partial charge in [-0.05, 0) is 25.7 Å². The molecule has 0 atom stereocenters. The molecule has 0 aromatic carbocycles. The van der Waals surface area contributed by atoms with E-state index in [9.17, 15) is 18.0 Å². The summed E-state index contributed by atoms with van der Waals surface area (Å²) in [5.74, 6) is 0.501. The van der Waals surface area contributed by atoms with Gasteiger partial charge in [0.25, 0.3) is 0 Å². The van der Waals surface area contributed by atoms with Crippen molar-refractivity contribution in [2.75, 3.05) is 36.9 Å². The molecule has 0 aromatic heterocycles. The van der Waals surface area contributed by atoms with E-state index in [-0.39, 0.29) is 29.1 Å². The molecule has 1 heterocycles. The minimum atomic E-state index is -3.13. The lowest BCUT2D eigenvalue weighted by atomic mass is 10.3. The molecule has 2 aliphatic rings. The van der Waals surface area contributed by atoms with Gasteiger partial charge in [-0.3, -0.25) is 9.59 Å². The first-order valence-electron chi connectivity index (χ1n) is 7.59. The van der Waals surface area contributed by atoms with Crippen molar-refractivity contribution in [3.63, 3.8) is 0 Å². The van der Waals surface area contributed by atoms with Crippen LogP contribution in [0.5, 0.6) is 0 Å². The van der Waals surface area contributed by atoms with Crippen LogP contribution in [0.1, 0.15) is 25.7 Å². The van der Waals surface area contributed by atoms with E-state index in [0.29, 0.717) is 32.1 Å². The molecule has 2 amide bonds. The lowest BCUT2D eigenvalue weighted by Crippen LogP contribution is -2.42. The molecule has 0 unspecified atom stereocenters. The van der Waals surface area contributed by atoms with Gasteiger partial charge in [-0.2, -0.15) is 0 Å². The molecular weight excluding hydrogens is 326 g/mol. The Morgan fingerprint density at radius 1 is 1.14 bits per heavy atom. The molecule has 1 saturated carbocycles. The number of nitrogens with zero attached hydrogens (tertiary/aromatic N) is 1. The predicted molar refractivity (Wildman–Crippen MR) is 86.1 cm³/mol. The monoisotopic (exact) mass is 349 g/mol. The van der Waals surface area contributed by atoms with Gasteiger partial charge in [0.2, 0.25) is 21.8 Å². The predicted octanol–water partition coefficient (Wildman–Crippen LogP) is -0.460. The van der Waals surface area contributed by atoms with E-state index in [0.717, 1.165) is 19.3 Å². The highest BCUT2D eigenvalue weighted by Crippen LogP contribution is 2.18. The number of hydrogen-bond acceptors (Lipinski definition) is 5. The number of amides is 2. The van der Waals surface area contributed by atoms with Gasteiger partial charge in [0.05, 0.1) is 17.3 Å². The standard InChI is InChI=1S/C13H23N3O4S2/c17-12(9-21-10-13(18)15-11-3-4-11)14-5-7-16-6-1-2-8-22(16,19)20/h11H,1-10H2,(H,14,17)(H,15,18). The molecule has 9 heteroatoms. The van der Waals surface area contributed by atoms with Crippen LogP contribution in [0.15, 0.2) is 0 Å². The molecule has 1 aliphatic carbocycles. The van der Waals surface area contributed by atoms with E-state index in [4.69, 9.17) is 0 Å². The molecule has 7 nitrogen and oxygen atoms in total. The van der Waals surface area contributed by atoms with Crippen LogP contribution < -0.4 is 10.6 Å². The summed E-state index contributed by atoms with van der Waals surface area (Å²) < 4.78 is 25.0. The molecule has 126 valence electrons. The topological polar surface area (TPSA) is 95.6 Å². The average molecular weight is 349 g/mol. The normalized spacial score (nSPS) is 21.3. The highest BCUT2D eigenvalue weighted by Gasteiger charge is 2.25. The average Bonchev–Trinajstić information content (AvgIpc) is 3.24. The molecule has 0 aromatic rings. The zero-order valence-corrected chi connectivity index (χ0v) is 14.2. The summed E-state index contributed by atoms with van der Waals surface area (Å²) in [4.78, 5) is 23.1. The van der Waals surface area contributed by atoms with Crippen molar-refractivity contribution < 1.29 is 18.0 Å². The third-order valence-electron chi connectivity index (χ3n) is 3.55. The SMILES string of the molecule is O=C(CSCC(=O)NC1CC1)NCCN1CCCCS1(=O)=O. The summed E-state index contributed by atoms with van der Waals surface area (Å²) in [6.07, 6.45) is 3.69. The molecule has 0 radical (unpaired) electrons. The first-order chi connectivity index (χ1) is 10.5. The summed E-state index contributed by atoms with van der Waals surface area (Å²) >= 11 is 1.27. The Bertz CT molecular complexity index is 505. The summed E-state index contributed by atoms with van der Waals surface area (Å²) in [6, 6.07) is 0.341. The van der Waals surface area contributed by atoms with Crippen LogP contribution in [0.25, 0.3) is 0 Å². The zero-order valence-electron chi connectivity index (χ0n) is 12.5. The van der Waals surface area contributed by atoms with Crippen LogP contribution in [0.2, 0.25) is 0 Å². The molecule has 0 spiro atoms. The Kier molecular flexibility index (Phi) is 6.51. The van der Waals surface area contributed by atoms with Gasteiger partial charge in [-0.25, -0.2) is 12.7 Å². The van der Waals surface area contributed by atoms with Crippen LogP contribution in [0.3, 0.4) is 0 Å². The zero-order chi connectivity index (χ0) is 16.0. The summed E-state index contributed by atoms with van der Waals surface area (Å²) in [5.41, 5.74) is 0. The van der Waals surface area contributed by atoms with E-state index in [2.05, 4.69) is 10.6 Å². The van der Waals surface area contributed by atoms with Crippen LogP contribution in [-0.4, -0.2) is 67.5 Å². The number of hydrogen-bond donors (Lipinski definition) is 2. The first-order valence-corrected chi connectivity index (χ1v) is 10.4. The van der Waals surface area contributed by atoms with Crippen molar-refractivity contribution in [3.8, 4) is 0 Å². The van der Waals surface area contributed by atoms with Crippen LogP contribution >= 0.6 is 11.8 Å². The van der Waals surface area contributed by atoms with Gasteiger partial charge < -0.3 is 10.6 Å². The molecule has 1 saturated heterocycles. The summed E-state index contributed by atoms with van der Waals surface area (Å²) in [7, 11) is -3.13. The summed E-state index contributed by atoms with van der Waals surface area (Å²) in [6.45, 7) is 1.17. The molecule has 2 N–H and O–H groups in total. The maximum absolute atomic E-state index is 11.8. The Hall–Kier alpha value is -0.800. The fourth-order valence-electron chi connectivity index (χ4n) is 2.20. The van der Waals surface area contributed by atoms with Crippen molar-refractivity contribution in [2.24, 2.45) is 0 Å². The Morgan fingerprint density at radius 3 is 2.55 bits per heavy atom. The second kappa shape index (κ2) is 8.16. The highest BCUT2D eigenvalue weighted by atomic mass is 32.2. The Labute approximate surface area is 135 Å². The quantitative estimate of drug-likeness (QED) is 0.618. The van der Waals surface area contributed by atoms with Crippen LogP contribution in [0, 0.1) is 0 Å². The second-order valence-corrected chi connectivity index (χ2v) is 8.68. The van der Waals surface area contributed by atoms with Gasteiger partial charge in [-0.1, -0.05) is 0 Å². The van der Waals surface area contributed by atoms with E-state index < -0.39 is 10.0 Å². The molecular formula is C13H23N3O4S2. The number of nitrogens with one attached hydrogen (secondary N) is 2. The molecule has 1 aliphatic heterocycles. The van der Waals surface area contributed by atoms with Crippen molar-refractivity contribution in [1.29, 1.82) is 0 Å². The summed E-state index contributed by atoms with van der Waals surface area (Å²) in [5, 5.41) is 5.55. The third kappa shape index (κ3) is 6.13. The van der Waals surface area contributed by atoms with E-state index in [1.165, 1.54) is 16.1 Å². The van der Waals surface area contributed by atoms with Gasteiger partial charge in [0.15, 0.2) is 0 Å². The fraction of sp³-hybridized carbons (Fsp3) is 0.846. The van der Waals surface area contributed by atoms with Gasteiger partial charge in [0, 0.05) is 25.7 Å². The molecule has 2 rings (SSSR count). The number of thioether (sulfide) groups is 1. The first kappa shape index (κ1) is 17.6. The maximum Gasteiger partial charge on any atom is 0.230 e. The van der Waals surface area contributed by atoms with Crippen LogP contribution in [0.4, 0.5) is 0 Å². The van der Waals surface area contributed by atoms with E-state index in [1.54, 1.807) is 0 Å². The molecule has 22 heavy (non-hydrogen) atoms. The van der Waals surface area contributed by atoms with Crippen molar-refractivity contribution in [2.45, 2.75) is 31.7 Å². The Morgan fingerprint density at radius 2 is 1.86 bits per heavy atom. The third-order valence-corrected chi connectivity index (χ3v) is 6.43. The second-order valence-electron chi connectivity index (χ2n) is 5.61. The number of rotatable bonds is 8. The molecule has 0 bridgehead atoms. The number of carbonyl (C=O) groups is 2. The fourth-order valence-corrected chi connectivity index (χ4v) is 4.46. The lowest BCUT2D eigenvalue weighted by molar-refractivity contribution is -0.119. The smallest absolute Gasteiger partial charge is 0.230 e. The van der Waals surface area contributed by atoms with Gasteiger partial charge in [-0.15, -0.1) is 11.8 Å². The van der Waals surface area contributed by atoms with E-state index >= 15 is 0 Å². The number of sulfonamides is 1. The van der Waals surface area contributed by atoms with Crippen molar-refractivity contribution in [1.82, 2.24) is 14.9 Å². The largest absolute Gasteiger partial charge is 0.354 e. The maximum atomic E-state index is 11.8. The molecule has 2 fully saturated rings. The van der Waals surface area contributed by atoms with Crippen LogP contribution in [-0.2, 0) is 19.6 Å². The minimum Gasteiger partial charge on any atom is -0.354 e. The number of carbonyl (C=O) groups excluding carboxylic acids is 2. The Balaban J connectivity index is 1.54. The lowest BCUT2D eigenvalue weighted by Gasteiger charge is -2.26. The van der Waals surface area contributed by atoms with E-state index in [1.807, 2.05) is 0 Å².